The summed E-state index contributed by atoms with van der Waals surface area (Å²) >= 11 is 0. The lowest BCUT2D eigenvalue weighted by atomic mass is 10.1. The molecule has 14 heavy (non-hydrogen) atoms. The summed E-state index contributed by atoms with van der Waals surface area (Å²) in [4.78, 5) is 1.82. The largest absolute Gasteiger partial charge is 0.383 e. The average Bonchev–Trinajstić information content (AvgIpc) is 2.15. The topological polar surface area (TPSA) is 27.0 Å². The highest BCUT2D eigenvalue weighted by Gasteiger charge is 1.99. The van der Waals surface area contributed by atoms with Gasteiger partial charge in [0.2, 0.25) is 0 Å². The van der Waals surface area contributed by atoms with Crippen molar-refractivity contribution in [1.29, 1.82) is 5.26 Å². The van der Waals surface area contributed by atoms with Gasteiger partial charge in [-0.05, 0) is 24.4 Å². The molecule has 0 aliphatic rings. The third-order valence-corrected chi connectivity index (χ3v) is 1.68. The van der Waals surface area contributed by atoms with Crippen LogP contribution in [0.1, 0.15) is 11.1 Å². The summed E-state index contributed by atoms with van der Waals surface area (Å²) in [5.74, 6) is -0.373. The molecular formula is C11H11FN2. The Hall–Kier alpha value is -1.82. The first-order valence-electron chi connectivity index (χ1n) is 4.18. The van der Waals surface area contributed by atoms with Crippen LogP contribution in [0.15, 0.2) is 24.4 Å². The van der Waals surface area contributed by atoms with Crippen LogP contribution in [-0.2, 0) is 0 Å². The average molecular weight is 190 g/mol. The number of halogens is 1. The number of nitriles is 1. The van der Waals surface area contributed by atoms with Crippen molar-refractivity contribution >= 4 is 6.08 Å². The highest BCUT2D eigenvalue weighted by atomic mass is 19.1. The number of hydrogen-bond acceptors (Lipinski definition) is 2. The van der Waals surface area contributed by atoms with Crippen LogP contribution >= 0.6 is 0 Å². The molecule has 0 aliphatic heterocycles. The van der Waals surface area contributed by atoms with Crippen molar-refractivity contribution in [2.45, 2.75) is 0 Å². The van der Waals surface area contributed by atoms with Crippen LogP contribution in [0.2, 0.25) is 0 Å². The molecule has 1 aromatic rings. The zero-order chi connectivity index (χ0) is 10.6. The van der Waals surface area contributed by atoms with Crippen molar-refractivity contribution in [1.82, 2.24) is 4.90 Å². The number of rotatable bonds is 2. The van der Waals surface area contributed by atoms with Crippen LogP contribution < -0.4 is 0 Å². The van der Waals surface area contributed by atoms with Crippen LogP contribution in [0.5, 0.6) is 0 Å². The van der Waals surface area contributed by atoms with Gasteiger partial charge in [0.25, 0.3) is 0 Å². The van der Waals surface area contributed by atoms with Gasteiger partial charge in [-0.25, -0.2) is 4.39 Å². The molecule has 1 aromatic carbocycles. The summed E-state index contributed by atoms with van der Waals surface area (Å²) in [7, 11) is 3.72. The Morgan fingerprint density at radius 3 is 2.64 bits per heavy atom. The summed E-state index contributed by atoms with van der Waals surface area (Å²) in [6.45, 7) is 0. The maximum atomic E-state index is 13.3. The molecule has 2 nitrogen and oxygen atoms in total. The Morgan fingerprint density at radius 1 is 1.43 bits per heavy atom. The zero-order valence-corrected chi connectivity index (χ0v) is 8.16. The first-order chi connectivity index (χ1) is 6.63. The molecule has 0 aliphatic carbocycles. The van der Waals surface area contributed by atoms with Crippen LogP contribution in [0.3, 0.4) is 0 Å². The van der Waals surface area contributed by atoms with Crippen molar-refractivity contribution < 1.29 is 4.39 Å². The van der Waals surface area contributed by atoms with Gasteiger partial charge in [-0.1, -0.05) is 6.07 Å². The zero-order valence-electron chi connectivity index (χ0n) is 8.16. The van der Waals surface area contributed by atoms with Crippen LogP contribution in [-0.4, -0.2) is 19.0 Å². The van der Waals surface area contributed by atoms with E-state index in [9.17, 15) is 4.39 Å². The van der Waals surface area contributed by atoms with E-state index < -0.39 is 0 Å². The first kappa shape index (κ1) is 10.3. The fourth-order valence-corrected chi connectivity index (χ4v) is 0.961. The second kappa shape index (κ2) is 4.43. The second-order valence-corrected chi connectivity index (χ2v) is 3.13. The summed E-state index contributed by atoms with van der Waals surface area (Å²) in [5.41, 5.74) is 0.821. The predicted molar refractivity (Wildman–Crippen MR) is 53.8 cm³/mol. The normalized spacial score (nSPS) is 10.1. The molecule has 0 fully saturated rings. The minimum Gasteiger partial charge on any atom is -0.383 e. The quantitative estimate of drug-likeness (QED) is 0.715. The van der Waals surface area contributed by atoms with Gasteiger partial charge in [-0.3, -0.25) is 0 Å². The van der Waals surface area contributed by atoms with Crippen molar-refractivity contribution in [3.63, 3.8) is 0 Å². The Kier molecular flexibility index (Phi) is 3.24. The monoisotopic (exact) mass is 190 g/mol. The second-order valence-electron chi connectivity index (χ2n) is 3.13. The number of nitrogens with zero attached hydrogens (tertiary/aromatic N) is 2. The minimum atomic E-state index is -0.373. The fraction of sp³-hybridized carbons (Fsp3) is 0.182. The van der Waals surface area contributed by atoms with E-state index in [0.717, 1.165) is 0 Å². The van der Waals surface area contributed by atoms with Gasteiger partial charge in [-0.15, -0.1) is 0 Å². The first-order valence-corrected chi connectivity index (χ1v) is 4.18. The maximum absolute atomic E-state index is 13.3. The molecule has 0 amide bonds. The molecule has 0 aromatic heterocycles. The van der Waals surface area contributed by atoms with Gasteiger partial charge in [0.15, 0.2) is 0 Å². The number of hydrogen-bond donors (Lipinski definition) is 0. The van der Waals surface area contributed by atoms with Gasteiger partial charge in [0.05, 0.1) is 11.6 Å². The fourth-order valence-electron chi connectivity index (χ4n) is 0.961. The van der Waals surface area contributed by atoms with E-state index in [0.29, 0.717) is 11.1 Å². The molecule has 0 heterocycles. The molecule has 0 saturated carbocycles. The van der Waals surface area contributed by atoms with Gasteiger partial charge in [0, 0.05) is 19.7 Å². The summed E-state index contributed by atoms with van der Waals surface area (Å²) in [5, 5.41) is 8.53. The molecule has 1 rings (SSSR count). The van der Waals surface area contributed by atoms with Gasteiger partial charge >= 0.3 is 0 Å². The number of benzene rings is 1. The highest BCUT2D eigenvalue weighted by molar-refractivity contribution is 5.51. The van der Waals surface area contributed by atoms with Crippen molar-refractivity contribution in [3.05, 3.63) is 41.3 Å². The Bertz CT molecular complexity index is 389. The molecule has 0 spiro atoms. The molecule has 0 saturated heterocycles. The third-order valence-electron chi connectivity index (χ3n) is 1.68. The van der Waals surface area contributed by atoms with Crippen molar-refractivity contribution in [3.8, 4) is 6.07 Å². The smallest absolute Gasteiger partial charge is 0.131 e. The van der Waals surface area contributed by atoms with E-state index in [1.807, 2.05) is 25.1 Å². The predicted octanol–water partition coefficient (Wildman–Crippen LogP) is 2.23. The lowest BCUT2D eigenvalue weighted by Crippen LogP contribution is -1.99. The third kappa shape index (κ3) is 2.60. The SMILES string of the molecule is CN(C)/C=C/c1ccc(C#N)cc1F. The maximum Gasteiger partial charge on any atom is 0.131 e. The Balaban J connectivity index is 2.96. The van der Waals surface area contributed by atoms with Crippen LogP contribution in [0.4, 0.5) is 4.39 Å². The minimum absolute atomic E-state index is 0.338. The van der Waals surface area contributed by atoms with E-state index in [-0.39, 0.29) is 5.82 Å². The van der Waals surface area contributed by atoms with Gasteiger partial charge in [0.1, 0.15) is 5.82 Å². The summed E-state index contributed by atoms with van der Waals surface area (Å²) in [6.07, 6.45) is 3.42. The Morgan fingerprint density at radius 2 is 2.14 bits per heavy atom. The van der Waals surface area contributed by atoms with Gasteiger partial charge < -0.3 is 4.90 Å². The van der Waals surface area contributed by atoms with E-state index in [1.54, 1.807) is 24.4 Å². The molecule has 0 unspecified atom stereocenters. The standard InChI is InChI=1S/C11H11FN2/c1-14(2)6-5-10-4-3-9(8-13)7-11(10)12/h3-7H,1-2H3/b6-5+. The summed E-state index contributed by atoms with van der Waals surface area (Å²) < 4.78 is 13.3. The molecular weight excluding hydrogens is 179 g/mol. The Labute approximate surface area is 82.9 Å². The van der Waals surface area contributed by atoms with E-state index in [4.69, 9.17) is 5.26 Å². The molecule has 0 atom stereocenters. The molecule has 0 N–H and O–H groups in total. The van der Waals surface area contributed by atoms with E-state index in [1.165, 1.54) is 6.07 Å². The van der Waals surface area contributed by atoms with Crippen LogP contribution in [0.25, 0.3) is 6.08 Å². The van der Waals surface area contributed by atoms with Gasteiger partial charge in [-0.2, -0.15) is 5.26 Å². The lowest BCUT2D eigenvalue weighted by Gasteiger charge is -2.03. The molecule has 72 valence electrons. The lowest BCUT2D eigenvalue weighted by molar-refractivity contribution is 0.566. The van der Waals surface area contributed by atoms with Crippen molar-refractivity contribution in [2.24, 2.45) is 0 Å². The van der Waals surface area contributed by atoms with Crippen molar-refractivity contribution in [2.75, 3.05) is 14.1 Å². The molecule has 0 bridgehead atoms. The summed E-state index contributed by atoms with van der Waals surface area (Å²) in [6, 6.07) is 6.30. The van der Waals surface area contributed by atoms with E-state index in [2.05, 4.69) is 0 Å². The highest BCUT2D eigenvalue weighted by Crippen LogP contribution is 2.11. The van der Waals surface area contributed by atoms with Crippen LogP contribution in [0, 0.1) is 17.1 Å². The molecule has 3 heteroatoms. The molecule has 0 radical (unpaired) electrons. The van der Waals surface area contributed by atoms with E-state index >= 15 is 0 Å².